The first-order valence-electron chi connectivity index (χ1n) is 7.37. The van der Waals surface area contributed by atoms with Gasteiger partial charge in [-0.25, -0.2) is 0 Å². The van der Waals surface area contributed by atoms with Crippen LogP contribution in [0.2, 0.25) is 0 Å². The SMILES string of the molecule is CNC(Cc1ccc(C)cc1)C1(C)CCCCC1. The summed E-state index contributed by atoms with van der Waals surface area (Å²) in [6.07, 6.45) is 8.16. The summed E-state index contributed by atoms with van der Waals surface area (Å²) in [5, 5.41) is 3.58. The van der Waals surface area contributed by atoms with Crippen LogP contribution in [0, 0.1) is 12.3 Å². The van der Waals surface area contributed by atoms with E-state index in [0.29, 0.717) is 11.5 Å². The van der Waals surface area contributed by atoms with E-state index in [0.717, 1.165) is 6.42 Å². The topological polar surface area (TPSA) is 12.0 Å². The molecule has 1 nitrogen and oxygen atoms in total. The number of nitrogens with one attached hydrogen (secondary N) is 1. The molecule has 1 fully saturated rings. The summed E-state index contributed by atoms with van der Waals surface area (Å²) < 4.78 is 0. The van der Waals surface area contributed by atoms with E-state index in [4.69, 9.17) is 0 Å². The lowest BCUT2D eigenvalue weighted by Gasteiger charge is -2.41. The van der Waals surface area contributed by atoms with Gasteiger partial charge in [-0.3, -0.25) is 0 Å². The van der Waals surface area contributed by atoms with Gasteiger partial charge in [-0.1, -0.05) is 56.0 Å². The van der Waals surface area contributed by atoms with Gasteiger partial charge in [-0.2, -0.15) is 0 Å². The van der Waals surface area contributed by atoms with E-state index in [2.05, 4.69) is 50.5 Å². The lowest BCUT2D eigenvalue weighted by Crippen LogP contribution is -2.44. The van der Waals surface area contributed by atoms with Crippen molar-refractivity contribution in [2.24, 2.45) is 5.41 Å². The van der Waals surface area contributed by atoms with Crippen molar-refractivity contribution in [3.63, 3.8) is 0 Å². The van der Waals surface area contributed by atoms with Gasteiger partial charge in [0.1, 0.15) is 0 Å². The lowest BCUT2D eigenvalue weighted by molar-refractivity contribution is 0.149. The smallest absolute Gasteiger partial charge is 0.0158 e. The zero-order valence-corrected chi connectivity index (χ0v) is 12.1. The molecule has 100 valence electrons. The van der Waals surface area contributed by atoms with Gasteiger partial charge < -0.3 is 5.32 Å². The Hall–Kier alpha value is -0.820. The van der Waals surface area contributed by atoms with Crippen molar-refractivity contribution < 1.29 is 0 Å². The van der Waals surface area contributed by atoms with Gasteiger partial charge in [0.05, 0.1) is 0 Å². The van der Waals surface area contributed by atoms with Crippen molar-refractivity contribution >= 4 is 0 Å². The van der Waals surface area contributed by atoms with Crippen LogP contribution >= 0.6 is 0 Å². The second-order valence-corrected chi connectivity index (χ2v) is 6.25. The normalized spacial score (nSPS) is 20.6. The average Bonchev–Trinajstić information content (AvgIpc) is 2.38. The Balaban J connectivity index is 2.06. The van der Waals surface area contributed by atoms with E-state index in [9.17, 15) is 0 Å². The number of benzene rings is 1. The molecule has 1 N–H and O–H groups in total. The first-order valence-corrected chi connectivity index (χ1v) is 7.37. The fourth-order valence-electron chi connectivity index (χ4n) is 3.36. The molecule has 0 saturated heterocycles. The van der Waals surface area contributed by atoms with Crippen molar-refractivity contribution in [2.45, 2.75) is 58.4 Å². The third kappa shape index (κ3) is 3.14. The number of rotatable bonds is 4. The third-order valence-electron chi connectivity index (χ3n) is 4.75. The van der Waals surface area contributed by atoms with Crippen molar-refractivity contribution in [1.82, 2.24) is 5.32 Å². The minimum Gasteiger partial charge on any atom is -0.316 e. The molecule has 18 heavy (non-hydrogen) atoms. The monoisotopic (exact) mass is 245 g/mol. The molecule has 1 heteroatoms. The van der Waals surface area contributed by atoms with Crippen LogP contribution in [0.5, 0.6) is 0 Å². The predicted molar refractivity (Wildman–Crippen MR) is 78.9 cm³/mol. The molecule has 1 unspecified atom stereocenters. The first kappa shape index (κ1) is 13.6. The van der Waals surface area contributed by atoms with Crippen molar-refractivity contribution in [1.29, 1.82) is 0 Å². The Kier molecular flexibility index (Phi) is 4.45. The molecule has 0 aliphatic heterocycles. The number of aryl methyl sites for hydroxylation is 1. The van der Waals surface area contributed by atoms with Crippen LogP contribution < -0.4 is 5.32 Å². The summed E-state index contributed by atoms with van der Waals surface area (Å²) in [6.45, 7) is 4.63. The van der Waals surface area contributed by atoms with Gasteiger partial charge >= 0.3 is 0 Å². The molecule has 1 aromatic carbocycles. The molecule has 1 saturated carbocycles. The highest BCUT2D eigenvalue weighted by atomic mass is 14.9. The van der Waals surface area contributed by atoms with E-state index in [-0.39, 0.29) is 0 Å². The third-order valence-corrected chi connectivity index (χ3v) is 4.75. The summed E-state index contributed by atoms with van der Waals surface area (Å²) in [4.78, 5) is 0. The highest BCUT2D eigenvalue weighted by Gasteiger charge is 2.34. The summed E-state index contributed by atoms with van der Waals surface area (Å²) in [5.74, 6) is 0. The first-order chi connectivity index (χ1) is 8.64. The number of hydrogen-bond donors (Lipinski definition) is 1. The van der Waals surface area contributed by atoms with Gasteiger partial charge in [-0.15, -0.1) is 0 Å². The van der Waals surface area contributed by atoms with Crippen LogP contribution in [0.15, 0.2) is 24.3 Å². The number of hydrogen-bond acceptors (Lipinski definition) is 1. The highest BCUT2D eigenvalue weighted by Crippen LogP contribution is 2.39. The molecule has 1 atom stereocenters. The molecular formula is C17H27N. The lowest BCUT2D eigenvalue weighted by atomic mass is 9.69. The Morgan fingerprint density at radius 1 is 1.11 bits per heavy atom. The largest absolute Gasteiger partial charge is 0.316 e. The Morgan fingerprint density at radius 3 is 2.28 bits per heavy atom. The minimum absolute atomic E-state index is 0.484. The van der Waals surface area contributed by atoms with Gasteiger partial charge in [-0.05, 0) is 44.2 Å². The van der Waals surface area contributed by atoms with E-state index >= 15 is 0 Å². The predicted octanol–water partition coefficient (Wildman–Crippen LogP) is 4.10. The summed E-state index contributed by atoms with van der Waals surface area (Å²) in [5.41, 5.74) is 3.30. The van der Waals surface area contributed by atoms with Gasteiger partial charge in [0.2, 0.25) is 0 Å². The van der Waals surface area contributed by atoms with Crippen LogP contribution in [0.1, 0.15) is 50.2 Å². The maximum absolute atomic E-state index is 3.58. The fourth-order valence-corrected chi connectivity index (χ4v) is 3.36. The van der Waals surface area contributed by atoms with E-state index in [1.165, 1.54) is 43.2 Å². The molecule has 1 aromatic rings. The van der Waals surface area contributed by atoms with Crippen LogP contribution in [0.3, 0.4) is 0 Å². The summed E-state index contributed by atoms with van der Waals surface area (Å²) in [7, 11) is 2.12. The van der Waals surface area contributed by atoms with Crippen LogP contribution in [-0.4, -0.2) is 13.1 Å². The van der Waals surface area contributed by atoms with Gasteiger partial charge in [0, 0.05) is 6.04 Å². The van der Waals surface area contributed by atoms with Gasteiger partial charge in [0.15, 0.2) is 0 Å². The van der Waals surface area contributed by atoms with E-state index < -0.39 is 0 Å². The maximum atomic E-state index is 3.58. The van der Waals surface area contributed by atoms with Crippen molar-refractivity contribution in [3.8, 4) is 0 Å². The zero-order valence-electron chi connectivity index (χ0n) is 12.1. The second-order valence-electron chi connectivity index (χ2n) is 6.25. The number of likely N-dealkylation sites (N-methyl/N-ethyl adjacent to an activating group) is 1. The summed E-state index contributed by atoms with van der Waals surface area (Å²) >= 11 is 0. The van der Waals surface area contributed by atoms with Crippen molar-refractivity contribution in [3.05, 3.63) is 35.4 Å². The molecule has 0 aromatic heterocycles. The Labute approximate surface area is 112 Å². The molecule has 0 spiro atoms. The fraction of sp³-hybridized carbons (Fsp3) is 0.647. The van der Waals surface area contributed by atoms with Crippen LogP contribution in [0.25, 0.3) is 0 Å². The molecule has 2 rings (SSSR count). The second kappa shape index (κ2) is 5.88. The zero-order chi connectivity index (χ0) is 13.0. The average molecular weight is 245 g/mol. The molecule has 1 aliphatic carbocycles. The molecule has 0 heterocycles. The van der Waals surface area contributed by atoms with Gasteiger partial charge in [0.25, 0.3) is 0 Å². The van der Waals surface area contributed by atoms with Crippen LogP contribution in [-0.2, 0) is 6.42 Å². The van der Waals surface area contributed by atoms with Crippen LogP contribution in [0.4, 0.5) is 0 Å². The Morgan fingerprint density at radius 2 is 1.72 bits per heavy atom. The molecular weight excluding hydrogens is 218 g/mol. The summed E-state index contributed by atoms with van der Waals surface area (Å²) in [6, 6.07) is 9.63. The standard InChI is InChI=1S/C17H27N/c1-14-7-9-15(10-8-14)13-16(18-3)17(2)11-5-4-6-12-17/h7-10,16,18H,4-6,11-13H2,1-3H3. The van der Waals surface area contributed by atoms with E-state index in [1.807, 2.05) is 0 Å². The van der Waals surface area contributed by atoms with Crippen molar-refractivity contribution in [2.75, 3.05) is 7.05 Å². The quantitative estimate of drug-likeness (QED) is 0.842. The van der Waals surface area contributed by atoms with E-state index in [1.54, 1.807) is 0 Å². The molecule has 0 amide bonds. The molecule has 0 radical (unpaired) electrons. The highest BCUT2D eigenvalue weighted by molar-refractivity contribution is 5.22. The maximum Gasteiger partial charge on any atom is 0.0158 e. The molecule has 1 aliphatic rings. The molecule has 0 bridgehead atoms. The Bertz CT molecular complexity index is 360. The minimum atomic E-state index is 0.484.